The van der Waals surface area contributed by atoms with Crippen molar-refractivity contribution >= 4 is 34.5 Å². The number of fused-ring (bicyclic) bond motifs is 1. The summed E-state index contributed by atoms with van der Waals surface area (Å²) in [5, 5.41) is 12.5. The first-order valence-electron chi connectivity index (χ1n) is 6.74. The Bertz CT molecular complexity index is 683. The highest BCUT2D eigenvalue weighted by molar-refractivity contribution is 7.98. The summed E-state index contributed by atoms with van der Waals surface area (Å²) in [5.41, 5.74) is 1.13. The zero-order valence-corrected chi connectivity index (χ0v) is 13.2. The number of aromatic amines is 1. The number of H-pyrrole nitrogens is 1. The van der Waals surface area contributed by atoms with Crippen LogP contribution in [0, 0.1) is 0 Å². The fourth-order valence-electron chi connectivity index (χ4n) is 2.09. The van der Waals surface area contributed by atoms with Crippen LogP contribution < -0.4 is 10.1 Å². The van der Waals surface area contributed by atoms with E-state index in [2.05, 4.69) is 10.3 Å². The van der Waals surface area contributed by atoms with Crippen molar-refractivity contribution in [3.63, 3.8) is 0 Å². The number of hydrogen-bond acceptors (Lipinski definition) is 4. The van der Waals surface area contributed by atoms with Gasteiger partial charge < -0.3 is 20.1 Å². The molecule has 0 fully saturated rings. The Balaban J connectivity index is 2.16. The summed E-state index contributed by atoms with van der Waals surface area (Å²) in [6, 6.07) is 6.21. The lowest BCUT2D eigenvalue weighted by Gasteiger charge is -2.13. The number of aromatic nitrogens is 1. The number of carboxylic acids is 1. The molecular weight excluding hydrogens is 304 g/mol. The van der Waals surface area contributed by atoms with Gasteiger partial charge in [-0.05, 0) is 42.7 Å². The van der Waals surface area contributed by atoms with Crippen molar-refractivity contribution in [2.75, 3.05) is 19.1 Å². The predicted molar refractivity (Wildman–Crippen MR) is 86.7 cm³/mol. The van der Waals surface area contributed by atoms with Crippen LogP contribution in [-0.4, -0.2) is 47.1 Å². The van der Waals surface area contributed by atoms with Crippen molar-refractivity contribution in [2.24, 2.45) is 0 Å². The van der Waals surface area contributed by atoms with Gasteiger partial charge in [0.25, 0.3) is 5.91 Å². The van der Waals surface area contributed by atoms with Crippen molar-refractivity contribution < 1.29 is 19.4 Å². The van der Waals surface area contributed by atoms with Crippen molar-refractivity contribution in [2.45, 2.75) is 12.5 Å². The van der Waals surface area contributed by atoms with Crippen LogP contribution in [0.1, 0.15) is 16.9 Å². The summed E-state index contributed by atoms with van der Waals surface area (Å²) in [4.78, 5) is 26.4. The lowest BCUT2D eigenvalue weighted by Crippen LogP contribution is -2.41. The van der Waals surface area contributed by atoms with E-state index in [0.29, 0.717) is 23.6 Å². The molecule has 1 aromatic carbocycles. The van der Waals surface area contributed by atoms with Crippen LogP contribution in [0.4, 0.5) is 0 Å². The van der Waals surface area contributed by atoms with Crippen LogP contribution in [0.2, 0.25) is 0 Å². The molecule has 0 aliphatic rings. The number of carboxylic acid groups (broad SMARTS) is 1. The van der Waals surface area contributed by atoms with Gasteiger partial charge >= 0.3 is 5.97 Å². The molecule has 0 saturated heterocycles. The normalized spacial score (nSPS) is 12.1. The molecule has 7 heteroatoms. The van der Waals surface area contributed by atoms with Gasteiger partial charge in [-0.25, -0.2) is 4.79 Å². The molecular formula is C15H18N2O4S. The van der Waals surface area contributed by atoms with Gasteiger partial charge in [-0.1, -0.05) is 0 Å². The number of benzene rings is 1. The molecule has 118 valence electrons. The molecule has 1 unspecified atom stereocenters. The Morgan fingerprint density at radius 1 is 1.41 bits per heavy atom. The van der Waals surface area contributed by atoms with Crippen molar-refractivity contribution in [3.8, 4) is 5.75 Å². The van der Waals surface area contributed by atoms with E-state index in [-0.39, 0.29) is 0 Å². The highest BCUT2D eigenvalue weighted by atomic mass is 32.2. The Morgan fingerprint density at radius 3 is 2.82 bits per heavy atom. The topological polar surface area (TPSA) is 91.4 Å². The lowest BCUT2D eigenvalue weighted by molar-refractivity contribution is -0.139. The molecule has 2 rings (SSSR count). The van der Waals surface area contributed by atoms with E-state index in [1.807, 2.05) is 18.4 Å². The molecule has 6 nitrogen and oxygen atoms in total. The molecule has 22 heavy (non-hydrogen) atoms. The average Bonchev–Trinajstić information content (AvgIpc) is 2.93. The number of amides is 1. The molecule has 0 radical (unpaired) electrons. The minimum absolute atomic E-state index is 0.332. The number of thioether (sulfide) groups is 1. The number of hydrogen-bond donors (Lipinski definition) is 3. The molecule has 0 saturated carbocycles. The van der Waals surface area contributed by atoms with Gasteiger partial charge in [-0.2, -0.15) is 11.8 Å². The number of aliphatic carboxylic acids is 1. The van der Waals surface area contributed by atoms with E-state index >= 15 is 0 Å². The standard InChI is InChI=1S/C15H18N2O4S/c1-21-10-3-4-11-9(7-10)8-13(16-11)14(18)17-12(15(19)20)5-6-22-2/h3-4,7-8,12,16H,5-6H2,1-2H3,(H,17,18)(H,19,20). The second kappa shape index (κ2) is 7.22. The monoisotopic (exact) mass is 322 g/mol. The van der Waals surface area contributed by atoms with Crippen LogP contribution in [0.3, 0.4) is 0 Å². The SMILES string of the molecule is COc1ccc2[nH]c(C(=O)NC(CCSC)C(=O)O)cc2c1. The third-order valence-corrected chi connectivity index (χ3v) is 3.93. The van der Waals surface area contributed by atoms with Gasteiger partial charge in [0.1, 0.15) is 17.5 Å². The van der Waals surface area contributed by atoms with E-state index in [4.69, 9.17) is 9.84 Å². The van der Waals surface area contributed by atoms with Crippen LogP contribution >= 0.6 is 11.8 Å². The number of methoxy groups -OCH3 is 1. The first-order valence-corrected chi connectivity index (χ1v) is 8.14. The molecule has 3 N–H and O–H groups in total. The van der Waals surface area contributed by atoms with Crippen molar-refractivity contribution in [3.05, 3.63) is 30.0 Å². The van der Waals surface area contributed by atoms with Gasteiger partial charge in [0.15, 0.2) is 0 Å². The van der Waals surface area contributed by atoms with Crippen LogP contribution in [0.25, 0.3) is 10.9 Å². The second-order valence-corrected chi connectivity index (χ2v) is 5.77. The highest BCUT2D eigenvalue weighted by Crippen LogP contribution is 2.21. The lowest BCUT2D eigenvalue weighted by atomic mass is 10.2. The molecule has 0 bridgehead atoms. The third kappa shape index (κ3) is 3.73. The Kier molecular flexibility index (Phi) is 5.32. The maximum atomic E-state index is 12.2. The summed E-state index contributed by atoms with van der Waals surface area (Å²) < 4.78 is 5.14. The summed E-state index contributed by atoms with van der Waals surface area (Å²) in [6.45, 7) is 0. The minimum atomic E-state index is -1.03. The molecule has 1 aromatic heterocycles. The zero-order chi connectivity index (χ0) is 16.1. The number of ether oxygens (including phenoxy) is 1. The Hall–Kier alpha value is -2.15. The maximum absolute atomic E-state index is 12.2. The molecule has 0 spiro atoms. The van der Waals surface area contributed by atoms with Crippen LogP contribution in [0.15, 0.2) is 24.3 Å². The van der Waals surface area contributed by atoms with Crippen molar-refractivity contribution in [1.82, 2.24) is 10.3 Å². The maximum Gasteiger partial charge on any atom is 0.326 e. The number of rotatable bonds is 7. The van der Waals surface area contributed by atoms with Gasteiger partial charge in [0, 0.05) is 10.9 Å². The van der Waals surface area contributed by atoms with Gasteiger partial charge in [0.2, 0.25) is 0 Å². The van der Waals surface area contributed by atoms with Gasteiger partial charge in [-0.15, -0.1) is 0 Å². The average molecular weight is 322 g/mol. The molecule has 0 aliphatic carbocycles. The minimum Gasteiger partial charge on any atom is -0.497 e. The predicted octanol–water partition coefficient (Wildman–Crippen LogP) is 2.11. The Morgan fingerprint density at radius 2 is 2.18 bits per heavy atom. The summed E-state index contributed by atoms with van der Waals surface area (Å²) in [7, 11) is 1.57. The second-order valence-electron chi connectivity index (χ2n) is 4.78. The van der Waals surface area contributed by atoms with Crippen LogP contribution in [-0.2, 0) is 4.79 Å². The molecule has 0 aliphatic heterocycles. The summed E-state index contributed by atoms with van der Waals surface area (Å²) >= 11 is 1.54. The first-order chi connectivity index (χ1) is 10.5. The van der Waals surface area contributed by atoms with Crippen molar-refractivity contribution in [1.29, 1.82) is 0 Å². The van der Waals surface area contributed by atoms with E-state index < -0.39 is 17.9 Å². The largest absolute Gasteiger partial charge is 0.497 e. The van der Waals surface area contributed by atoms with E-state index in [0.717, 1.165) is 10.9 Å². The summed E-state index contributed by atoms with van der Waals surface area (Å²) in [6.07, 6.45) is 2.28. The number of carbonyl (C=O) groups is 2. The number of carbonyl (C=O) groups excluding carboxylic acids is 1. The molecule has 1 heterocycles. The molecule has 2 aromatic rings. The van der Waals surface area contributed by atoms with E-state index in [9.17, 15) is 9.59 Å². The van der Waals surface area contributed by atoms with Gasteiger partial charge in [-0.3, -0.25) is 4.79 Å². The highest BCUT2D eigenvalue weighted by Gasteiger charge is 2.21. The fraction of sp³-hybridized carbons (Fsp3) is 0.333. The zero-order valence-electron chi connectivity index (χ0n) is 12.4. The fourth-order valence-corrected chi connectivity index (χ4v) is 2.56. The van der Waals surface area contributed by atoms with Crippen LogP contribution in [0.5, 0.6) is 5.75 Å². The third-order valence-electron chi connectivity index (χ3n) is 3.29. The number of nitrogens with one attached hydrogen (secondary N) is 2. The molecule has 1 amide bonds. The summed E-state index contributed by atoms with van der Waals surface area (Å²) in [5.74, 6) is -0.0908. The Labute approximate surface area is 132 Å². The van der Waals surface area contributed by atoms with E-state index in [1.54, 1.807) is 31.0 Å². The van der Waals surface area contributed by atoms with Gasteiger partial charge in [0.05, 0.1) is 7.11 Å². The smallest absolute Gasteiger partial charge is 0.326 e. The quantitative estimate of drug-likeness (QED) is 0.726. The van der Waals surface area contributed by atoms with E-state index in [1.165, 1.54) is 0 Å². The first kappa shape index (κ1) is 16.2. The molecule has 1 atom stereocenters.